The minimum Gasteiger partial charge on any atom is -0.339 e. The maximum Gasteiger partial charge on any atom is 0.227 e. The molecule has 0 saturated carbocycles. The molecule has 0 aliphatic rings. The van der Waals surface area contributed by atoms with Gasteiger partial charge >= 0.3 is 0 Å². The van der Waals surface area contributed by atoms with E-state index in [-0.39, 0.29) is 11.9 Å². The van der Waals surface area contributed by atoms with Gasteiger partial charge in [-0.15, -0.1) is 0 Å². The van der Waals surface area contributed by atoms with E-state index in [0.29, 0.717) is 36.0 Å². The van der Waals surface area contributed by atoms with Crippen molar-refractivity contribution in [2.75, 3.05) is 4.90 Å². The Bertz CT molecular complexity index is 876. The summed E-state index contributed by atoms with van der Waals surface area (Å²) >= 11 is 5.89. The molecule has 1 amide bonds. The minimum absolute atomic E-state index is 0.0913. The Morgan fingerprint density at radius 1 is 1.11 bits per heavy atom. The molecule has 0 saturated heterocycles. The highest BCUT2D eigenvalue weighted by Gasteiger charge is 2.19. The van der Waals surface area contributed by atoms with E-state index < -0.39 is 0 Å². The first-order chi connectivity index (χ1) is 13.0. The molecule has 1 aromatic heterocycles. The van der Waals surface area contributed by atoms with Crippen molar-refractivity contribution in [1.82, 2.24) is 10.1 Å². The quantitative estimate of drug-likeness (QED) is 0.565. The number of para-hydroxylation sites is 1. The Morgan fingerprint density at radius 3 is 2.48 bits per heavy atom. The van der Waals surface area contributed by atoms with Crippen LogP contribution in [0.25, 0.3) is 11.4 Å². The fraction of sp³-hybridized carbons (Fsp3) is 0.286. The standard InChI is InChI=1S/C21H22ClN3O2/c1-15(2)25(18-7-4-3-5-8-18)20(26)10-6-9-19-23-21(24-27-19)16-11-13-17(22)14-12-16/h3-5,7-8,11-15H,6,9-10H2,1-2H3. The molecule has 2 aromatic carbocycles. The Balaban J connectivity index is 1.57. The monoisotopic (exact) mass is 383 g/mol. The summed E-state index contributed by atoms with van der Waals surface area (Å²) in [5, 5.41) is 4.66. The van der Waals surface area contributed by atoms with Crippen LogP contribution in [0.5, 0.6) is 0 Å². The fourth-order valence-electron chi connectivity index (χ4n) is 2.90. The number of rotatable bonds is 7. The number of hydrogen-bond acceptors (Lipinski definition) is 4. The normalized spacial score (nSPS) is 11.0. The number of halogens is 1. The Morgan fingerprint density at radius 2 is 1.81 bits per heavy atom. The second kappa shape index (κ2) is 8.82. The second-order valence-corrected chi connectivity index (χ2v) is 7.00. The smallest absolute Gasteiger partial charge is 0.227 e. The largest absolute Gasteiger partial charge is 0.339 e. The molecule has 3 aromatic rings. The van der Waals surface area contributed by atoms with Gasteiger partial charge < -0.3 is 9.42 Å². The van der Waals surface area contributed by atoms with E-state index in [0.717, 1.165) is 11.3 Å². The van der Waals surface area contributed by atoms with Crippen molar-refractivity contribution in [3.05, 3.63) is 65.5 Å². The van der Waals surface area contributed by atoms with E-state index in [1.165, 1.54) is 0 Å². The molecule has 0 atom stereocenters. The number of hydrogen-bond donors (Lipinski definition) is 0. The lowest BCUT2D eigenvalue weighted by Crippen LogP contribution is -2.36. The number of anilines is 1. The summed E-state index contributed by atoms with van der Waals surface area (Å²) < 4.78 is 5.30. The molecule has 3 rings (SSSR count). The number of aromatic nitrogens is 2. The van der Waals surface area contributed by atoms with Crippen LogP contribution in [0.4, 0.5) is 5.69 Å². The van der Waals surface area contributed by atoms with E-state index in [1.54, 1.807) is 12.1 Å². The predicted octanol–water partition coefficient (Wildman–Crippen LogP) is 5.15. The van der Waals surface area contributed by atoms with E-state index in [1.807, 2.05) is 61.2 Å². The number of aryl methyl sites for hydroxylation is 1. The average molecular weight is 384 g/mol. The maximum absolute atomic E-state index is 12.7. The van der Waals surface area contributed by atoms with Crippen LogP contribution in [-0.2, 0) is 11.2 Å². The lowest BCUT2D eigenvalue weighted by Gasteiger charge is -2.27. The lowest BCUT2D eigenvalue weighted by molar-refractivity contribution is -0.119. The van der Waals surface area contributed by atoms with Crippen LogP contribution in [0.3, 0.4) is 0 Å². The molecular formula is C21H22ClN3O2. The third kappa shape index (κ3) is 4.95. The first-order valence-electron chi connectivity index (χ1n) is 9.00. The van der Waals surface area contributed by atoms with Crippen molar-refractivity contribution in [2.24, 2.45) is 0 Å². The molecular weight excluding hydrogens is 362 g/mol. The van der Waals surface area contributed by atoms with Gasteiger partial charge in [-0.3, -0.25) is 4.79 Å². The van der Waals surface area contributed by atoms with E-state index in [4.69, 9.17) is 16.1 Å². The summed E-state index contributed by atoms with van der Waals surface area (Å²) in [7, 11) is 0. The van der Waals surface area contributed by atoms with Crippen LogP contribution in [0.15, 0.2) is 59.1 Å². The van der Waals surface area contributed by atoms with E-state index >= 15 is 0 Å². The Hall–Kier alpha value is -2.66. The minimum atomic E-state index is 0.0913. The first kappa shape index (κ1) is 19.1. The summed E-state index contributed by atoms with van der Waals surface area (Å²) in [6.07, 6.45) is 1.63. The van der Waals surface area contributed by atoms with Gasteiger partial charge in [-0.05, 0) is 56.7 Å². The fourth-order valence-corrected chi connectivity index (χ4v) is 3.03. The number of carbonyl (C=O) groups is 1. The van der Waals surface area contributed by atoms with Gasteiger partial charge in [0, 0.05) is 35.2 Å². The van der Waals surface area contributed by atoms with Crippen molar-refractivity contribution in [1.29, 1.82) is 0 Å². The summed E-state index contributed by atoms with van der Waals surface area (Å²) in [6.45, 7) is 4.03. The van der Waals surface area contributed by atoms with Crippen molar-refractivity contribution >= 4 is 23.2 Å². The van der Waals surface area contributed by atoms with Gasteiger partial charge in [-0.2, -0.15) is 4.98 Å². The highest BCUT2D eigenvalue weighted by Crippen LogP contribution is 2.20. The van der Waals surface area contributed by atoms with Crippen LogP contribution in [-0.4, -0.2) is 22.1 Å². The van der Waals surface area contributed by atoms with E-state index in [2.05, 4.69) is 10.1 Å². The second-order valence-electron chi connectivity index (χ2n) is 6.57. The molecule has 1 heterocycles. The van der Waals surface area contributed by atoms with Gasteiger partial charge in [0.15, 0.2) is 0 Å². The van der Waals surface area contributed by atoms with E-state index in [9.17, 15) is 4.79 Å². The number of amides is 1. The van der Waals surface area contributed by atoms with Crippen LogP contribution in [0, 0.1) is 0 Å². The van der Waals surface area contributed by atoms with Gasteiger partial charge in [-0.25, -0.2) is 0 Å². The Labute approximate surface area is 164 Å². The predicted molar refractivity (Wildman–Crippen MR) is 107 cm³/mol. The molecule has 0 radical (unpaired) electrons. The lowest BCUT2D eigenvalue weighted by atomic mass is 10.1. The van der Waals surface area contributed by atoms with Crippen molar-refractivity contribution in [3.63, 3.8) is 0 Å². The molecule has 0 aliphatic carbocycles. The van der Waals surface area contributed by atoms with Crippen LogP contribution < -0.4 is 4.90 Å². The summed E-state index contributed by atoms with van der Waals surface area (Å²) in [6, 6.07) is 17.1. The number of nitrogens with zero attached hydrogens (tertiary/aromatic N) is 3. The van der Waals surface area contributed by atoms with Crippen LogP contribution >= 0.6 is 11.6 Å². The zero-order valence-corrected chi connectivity index (χ0v) is 16.2. The molecule has 0 fully saturated rings. The summed E-state index contributed by atoms with van der Waals surface area (Å²) in [5.41, 5.74) is 1.76. The summed E-state index contributed by atoms with van der Waals surface area (Å²) in [4.78, 5) is 18.9. The molecule has 5 nitrogen and oxygen atoms in total. The molecule has 0 unspecified atom stereocenters. The zero-order valence-electron chi connectivity index (χ0n) is 15.4. The summed E-state index contributed by atoms with van der Waals surface area (Å²) in [5.74, 6) is 1.15. The van der Waals surface area contributed by atoms with Gasteiger partial charge in [0.05, 0.1) is 0 Å². The zero-order chi connectivity index (χ0) is 19.2. The molecule has 27 heavy (non-hydrogen) atoms. The molecule has 0 aliphatic heterocycles. The average Bonchev–Trinajstić information content (AvgIpc) is 3.12. The highest BCUT2D eigenvalue weighted by atomic mass is 35.5. The topological polar surface area (TPSA) is 59.2 Å². The van der Waals surface area contributed by atoms with Crippen LogP contribution in [0.1, 0.15) is 32.6 Å². The highest BCUT2D eigenvalue weighted by molar-refractivity contribution is 6.30. The molecule has 140 valence electrons. The molecule has 0 spiro atoms. The van der Waals surface area contributed by atoms with Crippen LogP contribution in [0.2, 0.25) is 5.02 Å². The molecule has 0 N–H and O–H groups in total. The van der Waals surface area contributed by atoms with Gasteiger partial charge in [0.2, 0.25) is 17.6 Å². The first-order valence-corrected chi connectivity index (χ1v) is 9.38. The van der Waals surface area contributed by atoms with Gasteiger partial charge in [-0.1, -0.05) is 35.0 Å². The Kier molecular flexibility index (Phi) is 6.24. The number of carbonyl (C=O) groups excluding carboxylic acids is 1. The molecule has 0 bridgehead atoms. The SMILES string of the molecule is CC(C)N(C(=O)CCCc1nc(-c2ccc(Cl)cc2)no1)c1ccccc1. The maximum atomic E-state index is 12.7. The third-order valence-electron chi connectivity index (χ3n) is 4.17. The molecule has 6 heteroatoms. The number of benzene rings is 2. The van der Waals surface area contributed by atoms with Crippen molar-refractivity contribution < 1.29 is 9.32 Å². The van der Waals surface area contributed by atoms with Crippen molar-refractivity contribution in [2.45, 2.75) is 39.2 Å². The van der Waals surface area contributed by atoms with Gasteiger partial charge in [0.25, 0.3) is 0 Å². The van der Waals surface area contributed by atoms with Crippen molar-refractivity contribution in [3.8, 4) is 11.4 Å². The van der Waals surface area contributed by atoms with Gasteiger partial charge in [0.1, 0.15) is 0 Å². The third-order valence-corrected chi connectivity index (χ3v) is 4.42.